The summed E-state index contributed by atoms with van der Waals surface area (Å²) in [6.45, 7) is 0. The Balaban J connectivity index is 1.17. The van der Waals surface area contributed by atoms with Crippen molar-refractivity contribution < 1.29 is 0 Å². The molecule has 0 radical (unpaired) electrons. The Bertz CT molecular complexity index is 3290. The van der Waals surface area contributed by atoms with Crippen LogP contribution in [0.1, 0.15) is 0 Å². The van der Waals surface area contributed by atoms with E-state index in [0.29, 0.717) is 5.82 Å². The Labute approximate surface area is 386 Å². The van der Waals surface area contributed by atoms with Crippen molar-refractivity contribution in [3.63, 3.8) is 0 Å². The van der Waals surface area contributed by atoms with Crippen molar-refractivity contribution in [1.82, 2.24) is 9.97 Å². The molecule has 2 nitrogen and oxygen atoms in total. The first-order chi connectivity index (χ1) is 32.7. The first-order valence-corrected chi connectivity index (χ1v) is 22.5. The summed E-state index contributed by atoms with van der Waals surface area (Å²) in [5.74, 6) is 0.668. The minimum absolute atomic E-state index is 0.668. The summed E-state index contributed by atoms with van der Waals surface area (Å²) in [6.07, 6.45) is 0. The summed E-state index contributed by atoms with van der Waals surface area (Å²) >= 11 is 0. The predicted molar refractivity (Wildman–Crippen MR) is 276 cm³/mol. The molecule has 0 aliphatic carbocycles. The molecule has 10 aromatic carbocycles. The second-order valence-corrected chi connectivity index (χ2v) is 16.5. The third-order valence-electron chi connectivity index (χ3n) is 12.4. The van der Waals surface area contributed by atoms with Gasteiger partial charge in [-0.15, -0.1) is 0 Å². The van der Waals surface area contributed by atoms with Crippen molar-refractivity contribution in [1.29, 1.82) is 0 Å². The highest BCUT2D eigenvalue weighted by atomic mass is 14.9. The molecule has 11 aromatic rings. The molecule has 310 valence electrons. The lowest BCUT2D eigenvalue weighted by Crippen LogP contribution is -2.00. The van der Waals surface area contributed by atoms with Crippen LogP contribution >= 0.6 is 0 Å². The molecule has 0 aliphatic rings. The first kappa shape index (κ1) is 40.1. The van der Waals surface area contributed by atoms with Gasteiger partial charge in [-0.1, -0.05) is 255 Å². The standard InChI is InChI=1S/C64H44N2/c1-7-21-45(22-8-1)47-35-39-50(40-36-47)59-44-60(66-64(65-59)54-41-37-48(38-42-54)46-23-9-2-10-24-46)56-34-20-19-33-55(56)58-43-57(49-25-11-3-12-26-49)61(51-27-13-4-14-28-51)63(53-31-17-6-18-32-53)62(58)52-29-15-5-16-30-52/h1-44H. The zero-order valence-electron chi connectivity index (χ0n) is 36.3. The van der Waals surface area contributed by atoms with Gasteiger partial charge in [-0.2, -0.15) is 0 Å². The zero-order valence-corrected chi connectivity index (χ0v) is 36.3. The van der Waals surface area contributed by atoms with Crippen LogP contribution in [0, 0.1) is 0 Å². The number of rotatable bonds is 10. The van der Waals surface area contributed by atoms with E-state index in [0.717, 1.165) is 83.7 Å². The van der Waals surface area contributed by atoms with Crippen molar-refractivity contribution in [2.75, 3.05) is 0 Å². The smallest absolute Gasteiger partial charge is 0.160 e. The van der Waals surface area contributed by atoms with Crippen LogP contribution in [0.25, 0.3) is 112 Å². The Hall–Kier alpha value is -8.72. The Morgan fingerprint density at radius 1 is 0.182 bits per heavy atom. The molecule has 0 atom stereocenters. The van der Waals surface area contributed by atoms with Crippen LogP contribution in [-0.4, -0.2) is 9.97 Å². The van der Waals surface area contributed by atoms with Gasteiger partial charge >= 0.3 is 0 Å². The fraction of sp³-hybridized carbons (Fsp3) is 0. The van der Waals surface area contributed by atoms with E-state index in [9.17, 15) is 0 Å². The maximum Gasteiger partial charge on any atom is 0.160 e. The van der Waals surface area contributed by atoms with Crippen LogP contribution in [0.3, 0.4) is 0 Å². The molecule has 1 aromatic heterocycles. The quantitative estimate of drug-likeness (QED) is 0.137. The van der Waals surface area contributed by atoms with Gasteiger partial charge in [-0.3, -0.25) is 0 Å². The van der Waals surface area contributed by atoms with Gasteiger partial charge < -0.3 is 0 Å². The average molecular weight is 841 g/mol. The molecule has 0 bridgehead atoms. The maximum atomic E-state index is 5.47. The highest BCUT2D eigenvalue weighted by molar-refractivity contribution is 6.08. The maximum absolute atomic E-state index is 5.47. The van der Waals surface area contributed by atoms with E-state index in [2.05, 4.69) is 261 Å². The van der Waals surface area contributed by atoms with Crippen LogP contribution in [0.4, 0.5) is 0 Å². The molecular formula is C64H44N2. The molecule has 1 heterocycles. The van der Waals surface area contributed by atoms with E-state index in [4.69, 9.17) is 9.97 Å². The highest BCUT2D eigenvalue weighted by Gasteiger charge is 2.25. The van der Waals surface area contributed by atoms with Gasteiger partial charge in [0.15, 0.2) is 5.82 Å². The summed E-state index contributed by atoms with van der Waals surface area (Å²) in [7, 11) is 0. The molecule has 0 aliphatic heterocycles. The fourth-order valence-corrected chi connectivity index (χ4v) is 9.15. The molecule has 11 rings (SSSR count). The zero-order chi connectivity index (χ0) is 44.1. The second kappa shape index (κ2) is 18.2. The van der Waals surface area contributed by atoms with E-state index < -0.39 is 0 Å². The lowest BCUT2D eigenvalue weighted by molar-refractivity contribution is 1.18. The number of benzene rings is 10. The SMILES string of the molecule is c1ccc(-c2ccc(-c3cc(-c4ccccc4-c4cc(-c5ccccc5)c(-c5ccccc5)c(-c5ccccc5)c4-c4ccccc4)nc(-c4ccc(-c5ccccc5)cc4)n3)cc2)cc1. The van der Waals surface area contributed by atoms with E-state index in [1.54, 1.807) is 0 Å². The molecule has 0 unspecified atom stereocenters. The predicted octanol–water partition coefficient (Wildman–Crippen LogP) is 17.1. The third-order valence-corrected chi connectivity index (χ3v) is 12.4. The summed E-state index contributed by atoms with van der Waals surface area (Å²) in [5, 5.41) is 0. The Morgan fingerprint density at radius 2 is 0.515 bits per heavy atom. The minimum Gasteiger partial charge on any atom is -0.228 e. The Morgan fingerprint density at radius 3 is 1.00 bits per heavy atom. The summed E-state index contributed by atoms with van der Waals surface area (Å²) in [5.41, 5.74) is 20.8. The van der Waals surface area contributed by atoms with Gasteiger partial charge in [-0.25, -0.2) is 9.97 Å². The van der Waals surface area contributed by atoms with E-state index in [1.165, 1.54) is 22.3 Å². The average Bonchev–Trinajstić information content (AvgIpc) is 3.41. The van der Waals surface area contributed by atoms with Crippen molar-refractivity contribution in [2.24, 2.45) is 0 Å². The second-order valence-electron chi connectivity index (χ2n) is 16.5. The highest BCUT2D eigenvalue weighted by Crippen LogP contribution is 2.51. The normalized spacial score (nSPS) is 11.0. The number of nitrogens with zero attached hydrogens (tertiary/aromatic N) is 2. The van der Waals surface area contributed by atoms with E-state index in [-0.39, 0.29) is 0 Å². The molecule has 0 saturated heterocycles. The summed E-state index contributed by atoms with van der Waals surface area (Å²) in [4.78, 5) is 10.8. The van der Waals surface area contributed by atoms with Crippen molar-refractivity contribution in [3.8, 4) is 112 Å². The van der Waals surface area contributed by atoms with Crippen LogP contribution in [0.2, 0.25) is 0 Å². The van der Waals surface area contributed by atoms with Gasteiger partial charge in [0, 0.05) is 16.7 Å². The fourth-order valence-electron chi connectivity index (χ4n) is 9.15. The summed E-state index contributed by atoms with van der Waals surface area (Å²) in [6, 6.07) is 95.0. The van der Waals surface area contributed by atoms with Gasteiger partial charge in [0.2, 0.25) is 0 Å². The van der Waals surface area contributed by atoms with Gasteiger partial charge in [-0.05, 0) is 90.0 Å². The lowest BCUT2D eigenvalue weighted by atomic mass is 9.78. The molecule has 2 heteroatoms. The van der Waals surface area contributed by atoms with Crippen molar-refractivity contribution in [3.05, 3.63) is 267 Å². The van der Waals surface area contributed by atoms with Crippen LogP contribution in [-0.2, 0) is 0 Å². The molecular weight excluding hydrogens is 797 g/mol. The van der Waals surface area contributed by atoms with Gasteiger partial charge in [0.25, 0.3) is 0 Å². The summed E-state index contributed by atoms with van der Waals surface area (Å²) < 4.78 is 0. The number of aromatic nitrogens is 2. The minimum atomic E-state index is 0.668. The molecule has 66 heavy (non-hydrogen) atoms. The first-order valence-electron chi connectivity index (χ1n) is 22.5. The van der Waals surface area contributed by atoms with Gasteiger partial charge in [0.05, 0.1) is 11.4 Å². The number of hydrogen-bond acceptors (Lipinski definition) is 2. The van der Waals surface area contributed by atoms with Gasteiger partial charge in [0.1, 0.15) is 0 Å². The molecule has 0 N–H and O–H groups in total. The van der Waals surface area contributed by atoms with E-state index >= 15 is 0 Å². The van der Waals surface area contributed by atoms with Crippen molar-refractivity contribution >= 4 is 0 Å². The third kappa shape index (κ3) is 8.05. The number of hydrogen-bond donors (Lipinski definition) is 0. The molecule has 0 fully saturated rings. The monoisotopic (exact) mass is 840 g/mol. The van der Waals surface area contributed by atoms with Crippen molar-refractivity contribution in [2.45, 2.75) is 0 Å². The molecule has 0 saturated carbocycles. The lowest BCUT2D eigenvalue weighted by Gasteiger charge is -2.25. The van der Waals surface area contributed by atoms with E-state index in [1.807, 2.05) is 6.07 Å². The van der Waals surface area contributed by atoms with Crippen LogP contribution < -0.4 is 0 Å². The van der Waals surface area contributed by atoms with Crippen LogP contribution in [0.15, 0.2) is 267 Å². The van der Waals surface area contributed by atoms with Crippen LogP contribution in [0.5, 0.6) is 0 Å². The molecule has 0 amide bonds. The Kier molecular flexibility index (Phi) is 11.0. The molecule has 0 spiro atoms. The topological polar surface area (TPSA) is 25.8 Å². The largest absolute Gasteiger partial charge is 0.228 e.